The quantitative estimate of drug-likeness (QED) is 0.106. The molecule has 2 aliphatic rings. The van der Waals surface area contributed by atoms with E-state index in [1.807, 2.05) is 0 Å². The number of esters is 3. The van der Waals surface area contributed by atoms with Crippen LogP contribution in [0, 0.1) is 0 Å². The van der Waals surface area contributed by atoms with Crippen molar-refractivity contribution in [2.75, 3.05) is 19.8 Å². The molecule has 0 fully saturated rings. The Bertz CT molecular complexity index is 1980. The van der Waals surface area contributed by atoms with E-state index in [2.05, 4.69) is 16.0 Å². The molecule has 2 aliphatic heterocycles. The number of rotatable bonds is 14. The summed E-state index contributed by atoms with van der Waals surface area (Å²) in [5.41, 5.74) is -0.212. The van der Waals surface area contributed by atoms with E-state index in [0.717, 1.165) is 0 Å². The first-order valence-corrected chi connectivity index (χ1v) is 16.1. The molecule has 1 atom stereocenters. The maximum absolute atomic E-state index is 13.5. The summed E-state index contributed by atoms with van der Waals surface area (Å²) in [7, 11) is 0. The van der Waals surface area contributed by atoms with Gasteiger partial charge in [0.25, 0.3) is 5.91 Å². The third-order valence-corrected chi connectivity index (χ3v) is 8.08. The van der Waals surface area contributed by atoms with Gasteiger partial charge in [0, 0.05) is 74.2 Å². The molecular formula is C36H32FN3O13. The molecule has 0 aliphatic carbocycles. The first-order valence-electron chi connectivity index (χ1n) is 16.1. The minimum Gasteiger partial charge on any atom is -0.481 e. The third kappa shape index (κ3) is 8.30. The first-order chi connectivity index (χ1) is 25.2. The van der Waals surface area contributed by atoms with Crippen molar-refractivity contribution in [3.8, 4) is 23.0 Å². The van der Waals surface area contributed by atoms with Gasteiger partial charge in [-0.05, 0) is 36.4 Å². The van der Waals surface area contributed by atoms with E-state index >= 15 is 0 Å². The zero-order valence-corrected chi connectivity index (χ0v) is 28.2. The number of carboxylic acids is 1. The van der Waals surface area contributed by atoms with Gasteiger partial charge in [-0.1, -0.05) is 6.07 Å². The number of hydrogen-bond acceptors (Lipinski definition) is 12. The normalized spacial score (nSPS) is 13.5. The van der Waals surface area contributed by atoms with Gasteiger partial charge in [0.05, 0.1) is 12.0 Å². The van der Waals surface area contributed by atoms with Gasteiger partial charge in [0.1, 0.15) is 35.7 Å². The number of Topliss-reactive ketones (excluding diaryl/α,β-unsaturated/α-hetero) is 1. The van der Waals surface area contributed by atoms with Crippen LogP contribution in [-0.4, -0.2) is 78.3 Å². The average Bonchev–Trinajstić information content (AvgIpc) is 3.39. The van der Waals surface area contributed by atoms with Gasteiger partial charge in [0.2, 0.25) is 11.8 Å². The number of amides is 3. The molecule has 17 heteroatoms. The van der Waals surface area contributed by atoms with Gasteiger partial charge in [-0.3, -0.25) is 33.6 Å². The second kappa shape index (κ2) is 15.7. The van der Waals surface area contributed by atoms with Gasteiger partial charge in [-0.25, -0.2) is 9.18 Å². The third-order valence-electron chi connectivity index (χ3n) is 8.08. The van der Waals surface area contributed by atoms with Gasteiger partial charge in [-0.2, -0.15) is 0 Å². The number of nitrogens with one attached hydrogen (secondary N) is 3. The summed E-state index contributed by atoms with van der Waals surface area (Å²) in [5.74, 6) is -5.67. The lowest BCUT2D eigenvalue weighted by Crippen LogP contribution is -2.43. The molecule has 2 heterocycles. The Labute approximate surface area is 299 Å². The molecular weight excluding hydrogens is 701 g/mol. The number of carboxylic acid groups (broad SMARTS) is 1. The van der Waals surface area contributed by atoms with Crippen LogP contribution in [0.15, 0.2) is 54.6 Å². The minimum absolute atomic E-state index is 0.0392. The van der Waals surface area contributed by atoms with Crippen LogP contribution in [0.2, 0.25) is 0 Å². The maximum Gasteiger partial charge on any atom is 0.340 e. The highest BCUT2D eigenvalue weighted by Gasteiger charge is 2.54. The van der Waals surface area contributed by atoms with Crippen LogP contribution in [0.1, 0.15) is 70.5 Å². The van der Waals surface area contributed by atoms with Crippen LogP contribution in [0.4, 0.5) is 4.39 Å². The van der Waals surface area contributed by atoms with Crippen molar-refractivity contribution < 1.29 is 66.8 Å². The molecule has 0 radical (unpaired) electrons. The molecule has 0 saturated carbocycles. The number of carbonyl (C=O) groups excluding carboxylic acids is 7. The highest BCUT2D eigenvalue weighted by Crippen LogP contribution is 2.57. The topological polar surface area (TPSA) is 230 Å². The Hall–Kier alpha value is -6.65. The van der Waals surface area contributed by atoms with Crippen molar-refractivity contribution in [3.05, 3.63) is 82.4 Å². The zero-order valence-electron chi connectivity index (χ0n) is 28.2. The molecule has 4 N–H and O–H groups in total. The summed E-state index contributed by atoms with van der Waals surface area (Å²) >= 11 is 0. The van der Waals surface area contributed by atoms with E-state index in [9.17, 15) is 42.7 Å². The van der Waals surface area contributed by atoms with Crippen molar-refractivity contribution in [2.45, 2.75) is 44.8 Å². The summed E-state index contributed by atoms with van der Waals surface area (Å²) in [6, 6.07) is 12.0. The summed E-state index contributed by atoms with van der Waals surface area (Å²) in [4.78, 5) is 96.5. The first kappa shape index (κ1) is 37.6. The number of ketones is 1. The molecule has 3 aromatic carbocycles. The molecule has 3 amide bonds. The molecule has 16 nitrogen and oxygen atoms in total. The standard InChI is InChI=1S/C36H32FN3O13/c1-18(41)50-21-4-7-25-29(14-21)52-30-15-22(51-19(2)42)5-8-26(30)36(25)24-6-3-20(13-23(24)35(49)53-36)34(48)39-12-11-38-31(44)9-10-32(45)40-27(16-33(46)47)28(43)17-37/h3-8,13-15,27H,9-12,16-17H2,1-2H3,(H,38,44)(H,39,48)(H,40,45)(H,46,47). The van der Waals surface area contributed by atoms with Crippen LogP contribution in [-0.2, 0) is 39.1 Å². The van der Waals surface area contributed by atoms with Crippen LogP contribution in [0.3, 0.4) is 0 Å². The van der Waals surface area contributed by atoms with Gasteiger partial charge >= 0.3 is 23.9 Å². The minimum atomic E-state index is -1.56. The van der Waals surface area contributed by atoms with Crippen LogP contribution in [0.25, 0.3) is 0 Å². The fourth-order valence-corrected chi connectivity index (χ4v) is 5.86. The molecule has 276 valence electrons. The largest absolute Gasteiger partial charge is 0.481 e. The van der Waals surface area contributed by atoms with Crippen LogP contribution in [0.5, 0.6) is 23.0 Å². The number of benzene rings is 3. The molecule has 0 aromatic heterocycles. The lowest BCUT2D eigenvalue weighted by Gasteiger charge is -2.36. The van der Waals surface area contributed by atoms with E-state index in [4.69, 9.17) is 24.1 Å². The Kier molecular flexibility index (Phi) is 11.1. The van der Waals surface area contributed by atoms with Crippen LogP contribution >= 0.6 is 0 Å². The summed E-state index contributed by atoms with van der Waals surface area (Å²) in [6.45, 7) is 0.933. The number of fused-ring (bicyclic) bond motifs is 6. The smallest absolute Gasteiger partial charge is 0.340 e. The summed E-state index contributed by atoms with van der Waals surface area (Å²) < 4.78 is 35.4. The predicted octanol–water partition coefficient (Wildman–Crippen LogP) is 2.23. The van der Waals surface area contributed by atoms with Crippen molar-refractivity contribution in [1.82, 2.24) is 16.0 Å². The van der Waals surface area contributed by atoms with Crippen LogP contribution < -0.4 is 30.2 Å². The monoisotopic (exact) mass is 733 g/mol. The second-order valence-corrected chi connectivity index (χ2v) is 11.9. The van der Waals surface area contributed by atoms with Crippen molar-refractivity contribution in [2.24, 2.45) is 0 Å². The predicted molar refractivity (Wildman–Crippen MR) is 177 cm³/mol. The van der Waals surface area contributed by atoms with Gasteiger partial charge in [0.15, 0.2) is 11.4 Å². The zero-order chi connectivity index (χ0) is 38.4. The SMILES string of the molecule is CC(=O)Oc1ccc2c(c1)Oc1cc(OC(C)=O)ccc1C21OC(=O)c2cc(C(=O)NCCNC(=O)CCC(=O)NC(CC(=O)O)C(=O)CF)ccc21. The number of hydrogen-bond donors (Lipinski definition) is 4. The van der Waals surface area contributed by atoms with E-state index in [1.165, 1.54) is 50.2 Å². The van der Waals surface area contributed by atoms with Gasteiger partial charge < -0.3 is 40.0 Å². The Morgan fingerprint density at radius 3 is 1.92 bits per heavy atom. The summed E-state index contributed by atoms with van der Waals surface area (Å²) in [5, 5.41) is 16.1. The molecule has 1 spiro atoms. The van der Waals surface area contributed by atoms with E-state index in [1.54, 1.807) is 18.2 Å². The molecule has 0 saturated heterocycles. The van der Waals surface area contributed by atoms with Crippen molar-refractivity contribution >= 4 is 47.4 Å². The Balaban J connectivity index is 1.27. The van der Waals surface area contributed by atoms with Crippen molar-refractivity contribution in [1.29, 1.82) is 0 Å². The van der Waals surface area contributed by atoms with E-state index < -0.39 is 78.5 Å². The number of alkyl halides is 1. The molecule has 53 heavy (non-hydrogen) atoms. The number of halogens is 1. The lowest BCUT2D eigenvalue weighted by molar-refractivity contribution is -0.140. The summed E-state index contributed by atoms with van der Waals surface area (Å²) in [6.07, 6.45) is -1.53. The highest BCUT2D eigenvalue weighted by atomic mass is 19.1. The molecule has 0 bridgehead atoms. The molecule has 3 aromatic rings. The van der Waals surface area contributed by atoms with E-state index in [-0.39, 0.29) is 53.6 Å². The fraction of sp³-hybridized carbons (Fsp3) is 0.278. The second-order valence-electron chi connectivity index (χ2n) is 11.9. The maximum atomic E-state index is 13.5. The fourth-order valence-electron chi connectivity index (χ4n) is 5.86. The Morgan fingerprint density at radius 2 is 1.36 bits per heavy atom. The van der Waals surface area contributed by atoms with E-state index in [0.29, 0.717) is 16.7 Å². The molecule has 5 rings (SSSR count). The lowest BCUT2D eigenvalue weighted by atomic mass is 9.77. The average molecular weight is 734 g/mol. The number of ether oxygens (including phenoxy) is 4. The van der Waals surface area contributed by atoms with Gasteiger partial charge in [-0.15, -0.1) is 0 Å². The molecule has 1 unspecified atom stereocenters. The number of aliphatic carboxylic acids is 1. The number of carbonyl (C=O) groups is 8. The van der Waals surface area contributed by atoms with Crippen molar-refractivity contribution in [3.63, 3.8) is 0 Å². The highest BCUT2D eigenvalue weighted by molar-refractivity contribution is 6.02. The Morgan fingerprint density at radius 1 is 0.792 bits per heavy atom.